The predicted molar refractivity (Wildman–Crippen MR) is 54.3 cm³/mol. The van der Waals surface area contributed by atoms with Crippen LogP contribution in [0.15, 0.2) is 23.4 Å². The summed E-state index contributed by atoms with van der Waals surface area (Å²) in [5.74, 6) is 1.65. The van der Waals surface area contributed by atoms with Crippen molar-refractivity contribution < 1.29 is 14.3 Å². The summed E-state index contributed by atoms with van der Waals surface area (Å²) >= 11 is 0. The molecule has 1 aromatic rings. The number of ether oxygens (including phenoxy) is 2. The minimum Gasteiger partial charge on any atom is -0.454 e. The van der Waals surface area contributed by atoms with Gasteiger partial charge in [-0.1, -0.05) is 11.2 Å². The van der Waals surface area contributed by atoms with Gasteiger partial charge in [-0.2, -0.15) is 0 Å². The maximum Gasteiger partial charge on any atom is 0.231 e. The average Bonchev–Trinajstić information content (AvgIpc) is 2.87. The fourth-order valence-corrected chi connectivity index (χ4v) is 1.75. The summed E-state index contributed by atoms with van der Waals surface area (Å²) < 4.78 is 10.6. The monoisotopic (exact) mass is 205 g/mol. The third kappa shape index (κ3) is 1.63. The minimum absolute atomic E-state index is 0.322. The number of rotatable bonds is 2. The van der Waals surface area contributed by atoms with E-state index in [-0.39, 0.29) is 0 Å². The Kier molecular flexibility index (Phi) is 1.98. The van der Waals surface area contributed by atoms with E-state index in [0.29, 0.717) is 13.4 Å². The first-order valence-electron chi connectivity index (χ1n) is 4.98. The standard InChI is InChI=1S/C11H11NO3/c1-2-10-11(14-7-13-10)6-8(1)5-9-3-4-15-12-9/h1-2,6H,3-5,7H2. The van der Waals surface area contributed by atoms with E-state index in [1.165, 1.54) is 5.56 Å². The third-order valence-electron chi connectivity index (χ3n) is 2.52. The first-order valence-corrected chi connectivity index (χ1v) is 4.98. The van der Waals surface area contributed by atoms with Gasteiger partial charge < -0.3 is 14.3 Å². The lowest BCUT2D eigenvalue weighted by Gasteiger charge is -2.01. The summed E-state index contributed by atoms with van der Waals surface area (Å²) in [5, 5.41) is 3.97. The lowest BCUT2D eigenvalue weighted by Crippen LogP contribution is -1.99. The van der Waals surface area contributed by atoms with E-state index >= 15 is 0 Å². The SMILES string of the molecule is c1cc2c(cc1CC1=NOCC1)OCO2. The largest absolute Gasteiger partial charge is 0.454 e. The molecule has 0 aromatic heterocycles. The molecule has 0 fully saturated rings. The molecule has 0 radical (unpaired) electrons. The van der Waals surface area contributed by atoms with Gasteiger partial charge in [0.15, 0.2) is 11.5 Å². The quantitative estimate of drug-likeness (QED) is 0.738. The van der Waals surface area contributed by atoms with Crippen molar-refractivity contribution in [1.82, 2.24) is 0 Å². The van der Waals surface area contributed by atoms with Gasteiger partial charge in [0.25, 0.3) is 0 Å². The molecule has 0 atom stereocenters. The van der Waals surface area contributed by atoms with Crippen molar-refractivity contribution in [2.75, 3.05) is 13.4 Å². The van der Waals surface area contributed by atoms with Gasteiger partial charge in [-0.15, -0.1) is 0 Å². The third-order valence-corrected chi connectivity index (χ3v) is 2.52. The smallest absolute Gasteiger partial charge is 0.231 e. The van der Waals surface area contributed by atoms with Gasteiger partial charge >= 0.3 is 0 Å². The zero-order chi connectivity index (χ0) is 10.1. The normalized spacial score (nSPS) is 17.5. The van der Waals surface area contributed by atoms with E-state index in [1.807, 2.05) is 18.2 Å². The molecular formula is C11H11NO3. The van der Waals surface area contributed by atoms with Crippen LogP contribution in [0.5, 0.6) is 11.5 Å². The maximum atomic E-state index is 5.31. The van der Waals surface area contributed by atoms with Crippen LogP contribution in [-0.2, 0) is 11.3 Å². The molecule has 4 nitrogen and oxygen atoms in total. The second kappa shape index (κ2) is 3.46. The molecule has 2 aliphatic rings. The molecule has 0 aliphatic carbocycles. The molecule has 0 saturated carbocycles. The average molecular weight is 205 g/mol. The lowest BCUT2D eigenvalue weighted by atomic mass is 10.1. The first kappa shape index (κ1) is 8.59. The van der Waals surface area contributed by atoms with Gasteiger partial charge in [0.1, 0.15) is 6.61 Å². The Balaban J connectivity index is 1.80. The van der Waals surface area contributed by atoms with Gasteiger partial charge in [-0.3, -0.25) is 0 Å². The molecule has 0 saturated heterocycles. The number of nitrogens with zero attached hydrogens (tertiary/aromatic N) is 1. The molecule has 4 heteroatoms. The van der Waals surface area contributed by atoms with Gasteiger partial charge in [0.2, 0.25) is 6.79 Å². The predicted octanol–water partition coefficient (Wildman–Crippen LogP) is 1.73. The molecule has 2 aliphatic heterocycles. The highest BCUT2D eigenvalue weighted by molar-refractivity contribution is 5.87. The fourth-order valence-electron chi connectivity index (χ4n) is 1.75. The molecule has 78 valence electrons. The highest BCUT2D eigenvalue weighted by atomic mass is 16.7. The Morgan fingerprint density at radius 1 is 1.20 bits per heavy atom. The summed E-state index contributed by atoms with van der Waals surface area (Å²) in [6, 6.07) is 5.98. The van der Waals surface area contributed by atoms with Gasteiger partial charge in [0, 0.05) is 12.8 Å². The van der Waals surface area contributed by atoms with Crippen LogP contribution in [0.4, 0.5) is 0 Å². The van der Waals surface area contributed by atoms with Crippen LogP contribution in [0.1, 0.15) is 12.0 Å². The molecule has 3 rings (SSSR count). The molecule has 2 heterocycles. The van der Waals surface area contributed by atoms with Crippen molar-refractivity contribution in [3.05, 3.63) is 23.8 Å². The number of hydrogen-bond acceptors (Lipinski definition) is 4. The molecule has 0 amide bonds. The molecule has 1 aromatic carbocycles. The van der Waals surface area contributed by atoms with E-state index in [1.54, 1.807) is 0 Å². The summed E-state index contributed by atoms with van der Waals surface area (Å²) in [4.78, 5) is 4.95. The number of benzene rings is 1. The fraction of sp³-hybridized carbons (Fsp3) is 0.364. The second-order valence-corrected chi connectivity index (χ2v) is 3.61. The van der Waals surface area contributed by atoms with E-state index in [2.05, 4.69) is 5.16 Å². The Labute approximate surface area is 87.4 Å². The number of hydrogen-bond donors (Lipinski definition) is 0. The van der Waals surface area contributed by atoms with Crippen LogP contribution >= 0.6 is 0 Å². The van der Waals surface area contributed by atoms with Crippen molar-refractivity contribution in [3.63, 3.8) is 0 Å². The van der Waals surface area contributed by atoms with Crippen molar-refractivity contribution in [3.8, 4) is 11.5 Å². The molecule has 15 heavy (non-hydrogen) atoms. The van der Waals surface area contributed by atoms with Crippen molar-refractivity contribution in [1.29, 1.82) is 0 Å². The summed E-state index contributed by atoms with van der Waals surface area (Å²) in [6.07, 6.45) is 1.76. The summed E-state index contributed by atoms with van der Waals surface area (Å²) in [7, 11) is 0. The van der Waals surface area contributed by atoms with Gasteiger partial charge in [-0.05, 0) is 17.7 Å². The van der Waals surface area contributed by atoms with Crippen molar-refractivity contribution in [2.45, 2.75) is 12.8 Å². The summed E-state index contributed by atoms with van der Waals surface area (Å²) in [5.41, 5.74) is 2.28. The van der Waals surface area contributed by atoms with Crippen LogP contribution in [0.2, 0.25) is 0 Å². The van der Waals surface area contributed by atoms with Crippen LogP contribution in [0.25, 0.3) is 0 Å². The second-order valence-electron chi connectivity index (χ2n) is 3.61. The van der Waals surface area contributed by atoms with E-state index in [4.69, 9.17) is 14.3 Å². The molecule has 0 spiro atoms. The van der Waals surface area contributed by atoms with Crippen molar-refractivity contribution >= 4 is 5.71 Å². The van der Waals surface area contributed by atoms with E-state index in [9.17, 15) is 0 Å². The van der Waals surface area contributed by atoms with Gasteiger partial charge in [-0.25, -0.2) is 0 Å². The Hall–Kier alpha value is -1.71. The zero-order valence-corrected chi connectivity index (χ0v) is 8.23. The molecule has 0 N–H and O–H groups in total. The molecule has 0 unspecified atom stereocenters. The van der Waals surface area contributed by atoms with Crippen molar-refractivity contribution in [2.24, 2.45) is 5.16 Å². The topological polar surface area (TPSA) is 40.0 Å². The summed E-state index contributed by atoms with van der Waals surface area (Å²) in [6.45, 7) is 1.03. The Morgan fingerprint density at radius 2 is 2.13 bits per heavy atom. The Morgan fingerprint density at radius 3 is 3.00 bits per heavy atom. The van der Waals surface area contributed by atoms with Crippen LogP contribution in [0.3, 0.4) is 0 Å². The number of fused-ring (bicyclic) bond motifs is 1. The van der Waals surface area contributed by atoms with Crippen LogP contribution < -0.4 is 9.47 Å². The van der Waals surface area contributed by atoms with E-state index in [0.717, 1.165) is 30.1 Å². The maximum absolute atomic E-state index is 5.31. The Bertz CT molecular complexity index is 414. The van der Waals surface area contributed by atoms with E-state index < -0.39 is 0 Å². The van der Waals surface area contributed by atoms with Crippen LogP contribution in [-0.4, -0.2) is 19.1 Å². The van der Waals surface area contributed by atoms with Crippen LogP contribution in [0, 0.1) is 0 Å². The lowest BCUT2D eigenvalue weighted by molar-refractivity contribution is 0.173. The number of oxime groups is 1. The zero-order valence-electron chi connectivity index (χ0n) is 8.23. The molecule has 0 bridgehead atoms. The highest BCUT2D eigenvalue weighted by Gasteiger charge is 2.15. The van der Waals surface area contributed by atoms with Gasteiger partial charge in [0.05, 0.1) is 5.71 Å². The first-order chi connectivity index (χ1) is 7.42. The highest BCUT2D eigenvalue weighted by Crippen LogP contribution is 2.32. The minimum atomic E-state index is 0.322. The molecular weight excluding hydrogens is 194 g/mol.